The van der Waals surface area contributed by atoms with E-state index in [0.717, 1.165) is 12.8 Å². The number of hydrogen-bond donors (Lipinski definition) is 2. The molecule has 0 aromatic carbocycles. The van der Waals surface area contributed by atoms with Crippen molar-refractivity contribution in [3.05, 3.63) is 12.7 Å². The first-order chi connectivity index (χ1) is 6.92. The highest BCUT2D eigenvalue weighted by molar-refractivity contribution is 5.75. The number of hydrogen-bond acceptors (Lipinski definition) is 2. The molecular weight excluding hydrogens is 196 g/mol. The van der Waals surface area contributed by atoms with Gasteiger partial charge in [0.25, 0.3) is 0 Å². The summed E-state index contributed by atoms with van der Waals surface area (Å²) in [4.78, 5) is 18.9. The second kappa shape index (κ2) is 18.5. The van der Waals surface area contributed by atoms with Crippen LogP contribution in [0.15, 0.2) is 12.7 Å². The van der Waals surface area contributed by atoms with Crippen molar-refractivity contribution in [1.29, 1.82) is 0 Å². The average Bonchev–Trinajstić information content (AvgIpc) is 2.04. The van der Waals surface area contributed by atoms with E-state index in [2.05, 4.69) is 13.5 Å². The summed E-state index contributed by atoms with van der Waals surface area (Å²) in [6.45, 7) is 9.04. The van der Waals surface area contributed by atoms with Gasteiger partial charge in [-0.3, -0.25) is 0 Å². The smallest absolute Gasteiger partial charge is 0.450 e. The maximum atomic E-state index is 10.3. The Morgan fingerprint density at radius 1 is 1.27 bits per heavy atom. The SMILES string of the molecule is C=CC.CCCCCC(C)=O.O=C(O)O. The van der Waals surface area contributed by atoms with E-state index in [1.54, 1.807) is 13.0 Å². The summed E-state index contributed by atoms with van der Waals surface area (Å²) in [7, 11) is 0. The molecule has 0 aromatic heterocycles. The maximum absolute atomic E-state index is 10.3. The second-order valence-corrected chi connectivity index (χ2v) is 2.85. The molecule has 0 aromatic rings. The molecule has 0 atom stereocenters. The van der Waals surface area contributed by atoms with Gasteiger partial charge in [0.15, 0.2) is 0 Å². The van der Waals surface area contributed by atoms with E-state index in [9.17, 15) is 4.79 Å². The number of ketones is 1. The van der Waals surface area contributed by atoms with Crippen molar-refractivity contribution in [3.8, 4) is 0 Å². The largest absolute Gasteiger partial charge is 0.503 e. The fourth-order valence-electron chi connectivity index (χ4n) is 0.624. The van der Waals surface area contributed by atoms with Gasteiger partial charge in [0.05, 0.1) is 0 Å². The first-order valence-corrected chi connectivity index (χ1v) is 4.90. The van der Waals surface area contributed by atoms with E-state index in [1.807, 2.05) is 6.92 Å². The van der Waals surface area contributed by atoms with Crippen LogP contribution < -0.4 is 0 Å². The van der Waals surface area contributed by atoms with Crippen LogP contribution in [-0.4, -0.2) is 22.2 Å². The van der Waals surface area contributed by atoms with Crippen LogP contribution in [0, 0.1) is 0 Å². The molecule has 0 saturated carbocycles. The van der Waals surface area contributed by atoms with Crippen LogP contribution in [0.4, 0.5) is 4.79 Å². The molecule has 4 heteroatoms. The highest BCUT2D eigenvalue weighted by Gasteiger charge is 1.89. The highest BCUT2D eigenvalue weighted by atomic mass is 16.6. The molecule has 90 valence electrons. The zero-order valence-electron chi connectivity index (χ0n) is 9.82. The quantitative estimate of drug-likeness (QED) is 0.558. The standard InChI is InChI=1S/C7H14O.C3H6.CH2O3/c1-3-4-5-6-7(2)8;1-3-2;2-1(3)4/h3-6H2,1-2H3;3H,1H2,2H3;(H2,2,3,4). The number of carboxylic acid groups (broad SMARTS) is 2. The molecule has 4 nitrogen and oxygen atoms in total. The third kappa shape index (κ3) is 107. The van der Waals surface area contributed by atoms with Gasteiger partial charge in [-0.05, 0) is 20.3 Å². The van der Waals surface area contributed by atoms with Gasteiger partial charge in [0.1, 0.15) is 5.78 Å². The third-order valence-corrected chi connectivity index (χ3v) is 1.13. The van der Waals surface area contributed by atoms with Crippen LogP contribution in [-0.2, 0) is 4.79 Å². The molecule has 0 unspecified atom stereocenters. The van der Waals surface area contributed by atoms with E-state index < -0.39 is 6.16 Å². The molecular formula is C11H22O4. The van der Waals surface area contributed by atoms with Gasteiger partial charge in [0, 0.05) is 6.42 Å². The van der Waals surface area contributed by atoms with Crippen LogP contribution in [0.3, 0.4) is 0 Å². The number of allylic oxidation sites excluding steroid dienone is 1. The van der Waals surface area contributed by atoms with Gasteiger partial charge < -0.3 is 15.0 Å². The number of carbonyl (C=O) groups excluding carboxylic acids is 1. The first kappa shape index (κ1) is 19.3. The van der Waals surface area contributed by atoms with E-state index in [1.165, 1.54) is 12.8 Å². The van der Waals surface area contributed by atoms with Gasteiger partial charge >= 0.3 is 6.16 Å². The number of rotatable bonds is 4. The van der Waals surface area contributed by atoms with E-state index >= 15 is 0 Å². The van der Waals surface area contributed by atoms with Crippen molar-refractivity contribution in [2.24, 2.45) is 0 Å². The summed E-state index contributed by atoms with van der Waals surface area (Å²) in [6, 6.07) is 0. The molecule has 0 aliphatic carbocycles. The maximum Gasteiger partial charge on any atom is 0.503 e. The predicted octanol–water partition coefficient (Wildman–Crippen LogP) is 3.57. The van der Waals surface area contributed by atoms with Gasteiger partial charge in [-0.1, -0.05) is 25.8 Å². The summed E-state index contributed by atoms with van der Waals surface area (Å²) in [6.07, 6.45) is 4.16. The van der Waals surface area contributed by atoms with Crippen molar-refractivity contribution in [1.82, 2.24) is 0 Å². The molecule has 0 rings (SSSR count). The zero-order valence-corrected chi connectivity index (χ0v) is 9.82. The first-order valence-electron chi connectivity index (χ1n) is 4.90. The summed E-state index contributed by atoms with van der Waals surface area (Å²) in [5.41, 5.74) is 0. The molecule has 15 heavy (non-hydrogen) atoms. The predicted molar refractivity (Wildman–Crippen MR) is 61.3 cm³/mol. The zero-order chi connectivity index (χ0) is 12.7. The number of unbranched alkanes of at least 4 members (excludes halogenated alkanes) is 2. The summed E-state index contributed by atoms with van der Waals surface area (Å²) < 4.78 is 0. The molecule has 0 amide bonds. The lowest BCUT2D eigenvalue weighted by atomic mass is 10.2. The molecule has 0 saturated heterocycles. The fourth-order valence-corrected chi connectivity index (χ4v) is 0.624. The fraction of sp³-hybridized carbons (Fsp3) is 0.636. The molecule has 0 aliphatic rings. The van der Waals surface area contributed by atoms with Crippen LogP contribution in [0.1, 0.15) is 46.5 Å². The minimum atomic E-state index is -1.83. The van der Waals surface area contributed by atoms with Crippen LogP contribution in [0.5, 0.6) is 0 Å². The minimum absolute atomic E-state index is 0.318. The number of Topliss-reactive ketones (excluding diaryl/α,β-unsaturated/α-hetero) is 1. The van der Waals surface area contributed by atoms with Crippen molar-refractivity contribution >= 4 is 11.9 Å². The molecule has 0 bridgehead atoms. The Labute approximate surface area is 91.6 Å². The Balaban J connectivity index is -0.000000173. The van der Waals surface area contributed by atoms with Crippen LogP contribution in [0.25, 0.3) is 0 Å². The summed E-state index contributed by atoms with van der Waals surface area (Å²) in [5, 5.41) is 13.9. The Bertz CT molecular complexity index is 160. The van der Waals surface area contributed by atoms with Crippen LogP contribution in [0.2, 0.25) is 0 Å². The Morgan fingerprint density at radius 2 is 1.60 bits per heavy atom. The third-order valence-electron chi connectivity index (χ3n) is 1.13. The Hall–Kier alpha value is -1.32. The van der Waals surface area contributed by atoms with Crippen molar-refractivity contribution in [2.45, 2.75) is 46.5 Å². The normalized spacial score (nSPS) is 7.40. The van der Waals surface area contributed by atoms with Crippen molar-refractivity contribution in [2.75, 3.05) is 0 Å². The molecule has 0 spiro atoms. The van der Waals surface area contributed by atoms with Gasteiger partial charge in [-0.15, -0.1) is 6.58 Å². The monoisotopic (exact) mass is 218 g/mol. The van der Waals surface area contributed by atoms with Gasteiger partial charge in [-0.25, -0.2) is 4.79 Å². The second-order valence-electron chi connectivity index (χ2n) is 2.85. The Kier molecular flexibility index (Phi) is 23.7. The Morgan fingerprint density at radius 3 is 1.80 bits per heavy atom. The molecule has 0 heterocycles. The van der Waals surface area contributed by atoms with Crippen molar-refractivity contribution < 1.29 is 19.8 Å². The summed E-state index contributed by atoms with van der Waals surface area (Å²) >= 11 is 0. The molecule has 0 radical (unpaired) electrons. The van der Waals surface area contributed by atoms with E-state index in [-0.39, 0.29) is 0 Å². The van der Waals surface area contributed by atoms with E-state index in [0.29, 0.717) is 5.78 Å². The molecule has 2 N–H and O–H groups in total. The lowest BCUT2D eigenvalue weighted by molar-refractivity contribution is -0.117. The van der Waals surface area contributed by atoms with Crippen LogP contribution >= 0.6 is 0 Å². The number of carbonyl (C=O) groups is 2. The molecule has 0 fully saturated rings. The van der Waals surface area contributed by atoms with Crippen molar-refractivity contribution in [3.63, 3.8) is 0 Å². The summed E-state index contributed by atoms with van der Waals surface area (Å²) in [5.74, 6) is 0.318. The lowest BCUT2D eigenvalue weighted by Gasteiger charge is -1.90. The van der Waals surface area contributed by atoms with Gasteiger partial charge in [0.2, 0.25) is 0 Å². The topological polar surface area (TPSA) is 74.6 Å². The average molecular weight is 218 g/mol. The highest BCUT2D eigenvalue weighted by Crippen LogP contribution is 1.98. The molecule has 0 aliphatic heterocycles. The van der Waals surface area contributed by atoms with E-state index in [4.69, 9.17) is 15.0 Å². The van der Waals surface area contributed by atoms with Gasteiger partial charge in [-0.2, -0.15) is 0 Å². The lowest BCUT2D eigenvalue weighted by Crippen LogP contribution is -1.87. The minimum Gasteiger partial charge on any atom is -0.450 e.